The molecule has 0 radical (unpaired) electrons. The van der Waals surface area contributed by atoms with E-state index in [4.69, 9.17) is 4.74 Å². The van der Waals surface area contributed by atoms with Gasteiger partial charge in [0.1, 0.15) is 5.75 Å². The number of nitrogens with zero attached hydrogens (tertiary/aromatic N) is 1. The summed E-state index contributed by atoms with van der Waals surface area (Å²) >= 11 is 0. The third-order valence-corrected chi connectivity index (χ3v) is 3.02. The number of rotatable bonds is 4. The van der Waals surface area contributed by atoms with Crippen molar-refractivity contribution >= 4 is 17.3 Å². The lowest BCUT2D eigenvalue weighted by Crippen LogP contribution is -1.93. The first-order valence-electron chi connectivity index (χ1n) is 6.18. The molecule has 0 saturated carbocycles. The van der Waals surface area contributed by atoms with Gasteiger partial charge in [-0.05, 0) is 36.3 Å². The van der Waals surface area contributed by atoms with E-state index < -0.39 is 0 Å². The number of allylic oxidation sites excluding steroid dienone is 1. The van der Waals surface area contributed by atoms with E-state index in [9.17, 15) is 10.1 Å². The average molecular weight is 269 g/mol. The summed E-state index contributed by atoms with van der Waals surface area (Å²) in [7, 11) is 1.61. The SMILES string of the molecule is COc1ccc(C=C(C)c2ccccc2[N+](=O)[O-])cc1. The van der Waals surface area contributed by atoms with Crippen molar-refractivity contribution in [1.82, 2.24) is 0 Å². The summed E-state index contributed by atoms with van der Waals surface area (Å²) in [6.07, 6.45) is 1.92. The summed E-state index contributed by atoms with van der Waals surface area (Å²) in [6.45, 7) is 1.87. The Morgan fingerprint density at radius 1 is 1.15 bits per heavy atom. The molecule has 0 atom stereocenters. The first-order chi connectivity index (χ1) is 9.61. The van der Waals surface area contributed by atoms with Gasteiger partial charge in [-0.15, -0.1) is 0 Å². The third-order valence-electron chi connectivity index (χ3n) is 3.02. The zero-order valence-corrected chi connectivity index (χ0v) is 11.4. The summed E-state index contributed by atoms with van der Waals surface area (Å²) in [5.41, 5.74) is 2.58. The van der Waals surface area contributed by atoms with E-state index in [-0.39, 0.29) is 10.6 Å². The molecule has 2 rings (SSSR count). The van der Waals surface area contributed by atoms with Crippen LogP contribution in [-0.2, 0) is 0 Å². The molecule has 0 aromatic heterocycles. The van der Waals surface area contributed by atoms with E-state index in [0.717, 1.165) is 16.9 Å². The van der Waals surface area contributed by atoms with Gasteiger partial charge in [-0.2, -0.15) is 0 Å². The Morgan fingerprint density at radius 2 is 1.80 bits per heavy atom. The second kappa shape index (κ2) is 6.02. The van der Waals surface area contributed by atoms with Crippen molar-refractivity contribution in [2.75, 3.05) is 7.11 Å². The second-order valence-electron chi connectivity index (χ2n) is 4.37. The molecular formula is C16H15NO3. The normalized spacial score (nSPS) is 11.2. The molecule has 0 amide bonds. The third kappa shape index (κ3) is 3.03. The topological polar surface area (TPSA) is 52.4 Å². The van der Waals surface area contributed by atoms with Crippen molar-refractivity contribution in [1.29, 1.82) is 0 Å². The summed E-state index contributed by atoms with van der Waals surface area (Å²) in [6, 6.07) is 14.3. The van der Waals surface area contributed by atoms with Crippen LogP contribution in [0.3, 0.4) is 0 Å². The molecule has 0 heterocycles. The first kappa shape index (κ1) is 13.8. The summed E-state index contributed by atoms with van der Waals surface area (Å²) in [5.74, 6) is 0.783. The number of nitro benzene ring substituents is 1. The number of benzene rings is 2. The largest absolute Gasteiger partial charge is 0.497 e. The predicted octanol–water partition coefficient (Wildman–Crippen LogP) is 4.16. The van der Waals surface area contributed by atoms with Crippen molar-refractivity contribution < 1.29 is 9.66 Å². The second-order valence-corrected chi connectivity index (χ2v) is 4.37. The van der Waals surface area contributed by atoms with Crippen LogP contribution in [0.2, 0.25) is 0 Å². The maximum absolute atomic E-state index is 11.0. The fourth-order valence-corrected chi connectivity index (χ4v) is 1.99. The number of ether oxygens (including phenoxy) is 1. The minimum Gasteiger partial charge on any atom is -0.497 e. The van der Waals surface area contributed by atoms with E-state index in [1.165, 1.54) is 6.07 Å². The van der Waals surface area contributed by atoms with Crippen LogP contribution < -0.4 is 4.74 Å². The number of hydrogen-bond acceptors (Lipinski definition) is 3. The Morgan fingerprint density at radius 3 is 2.40 bits per heavy atom. The lowest BCUT2D eigenvalue weighted by Gasteiger charge is -2.04. The Hall–Kier alpha value is -2.62. The van der Waals surface area contributed by atoms with Gasteiger partial charge in [-0.1, -0.05) is 30.3 Å². The number of nitro groups is 1. The van der Waals surface area contributed by atoms with Gasteiger partial charge in [0.15, 0.2) is 0 Å². The maximum Gasteiger partial charge on any atom is 0.276 e. The van der Waals surface area contributed by atoms with Gasteiger partial charge in [-0.25, -0.2) is 0 Å². The molecule has 0 aliphatic heterocycles. The highest BCUT2D eigenvalue weighted by Crippen LogP contribution is 2.27. The minimum absolute atomic E-state index is 0.120. The fourth-order valence-electron chi connectivity index (χ4n) is 1.99. The van der Waals surface area contributed by atoms with E-state index in [2.05, 4.69) is 0 Å². The first-order valence-corrected chi connectivity index (χ1v) is 6.18. The van der Waals surface area contributed by atoms with Crippen molar-refractivity contribution in [3.8, 4) is 5.75 Å². The molecule has 0 aliphatic carbocycles. The van der Waals surface area contributed by atoms with E-state index in [1.54, 1.807) is 25.3 Å². The Balaban J connectivity index is 2.37. The Bertz CT molecular complexity index is 645. The summed E-state index contributed by atoms with van der Waals surface area (Å²) in [4.78, 5) is 10.7. The van der Waals surface area contributed by atoms with Gasteiger partial charge < -0.3 is 4.74 Å². The van der Waals surface area contributed by atoms with Crippen molar-refractivity contribution in [3.63, 3.8) is 0 Å². The highest BCUT2D eigenvalue weighted by molar-refractivity contribution is 5.83. The molecule has 4 heteroatoms. The summed E-state index contributed by atoms with van der Waals surface area (Å²) < 4.78 is 5.10. The van der Waals surface area contributed by atoms with Gasteiger partial charge >= 0.3 is 0 Å². The highest BCUT2D eigenvalue weighted by Gasteiger charge is 2.13. The van der Waals surface area contributed by atoms with Gasteiger partial charge in [-0.3, -0.25) is 10.1 Å². The molecule has 0 fully saturated rings. The molecular weight excluding hydrogens is 254 g/mol. The zero-order chi connectivity index (χ0) is 14.5. The molecule has 0 spiro atoms. The molecule has 2 aromatic carbocycles. The highest BCUT2D eigenvalue weighted by atomic mass is 16.6. The van der Waals surface area contributed by atoms with E-state index in [1.807, 2.05) is 37.3 Å². The van der Waals surface area contributed by atoms with Crippen LogP contribution in [0.1, 0.15) is 18.1 Å². The van der Waals surface area contributed by atoms with Crippen LogP contribution in [-0.4, -0.2) is 12.0 Å². The molecule has 2 aromatic rings. The van der Waals surface area contributed by atoms with Crippen LogP contribution in [0, 0.1) is 10.1 Å². The van der Waals surface area contributed by atoms with Crippen LogP contribution in [0.4, 0.5) is 5.69 Å². The van der Waals surface area contributed by atoms with Gasteiger partial charge in [0.05, 0.1) is 17.6 Å². The fraction of sp³-hybridized carbons (Fsp3) is 0.125. The molecule has 0 aliphatic rings. The van der Waals surface area contributed by atoms with Gasteiger partial charge in [0.2, 0.25) is 0 Å². The van der Waals surface area contributed by atoms with Crippen LogP contribution in [0.5, 0.6) is 5.75 Å². The van der Waals surface area contributed by atoms with Crippen molar-refractivity contribution in [2.24, 2.45) is 0 Å². The van der Waals surface area contributed by atoms with Crippen LogP contribution in [0.25, 0.3) is 11.6 Å². The lowest BCUT2D eigenvalue weighted by molar-refractivity contribution is -0.385. The standard InChI is InChI=1S/C16H15NO3/c1-12(11-13-7-9-14(20-2)10-8-13)15-5-3-4-6-16(15)17(18)19/h3-11H,1-2H3. The monoisotopic (exact) mass is 269 g/mol. The molecule has 20 heavy (non-hydrogen) atoms. The zero-order valence-electron chi connectivity index (χ0n) is 11.4. The Labute approximate surface area is 117 Å². The Kier molecular flexibility index (Phi) is 4.15. The average Bonchev–Trinajstić information content (AvgIpc) is 2.48. The van der Waals surface area contributed by atoms with Gasteiger partial charge in [0, 0.05) is 6.07 Å². The molecule has 0 bridgehead atoms. The number of methoxy groups -OCH3 is 1. The molecule has 0 saturated heterocycles. The van der Waals surface area contributed by atoms with Crippen molar-refractivity contribution in [2.45, 2.75) is 6.92 Å². The quantitative estimate of drug-likeness (QED) is 0.475. The van der Waals surface area contributed by atoms with Crippen LogP contribution >= 0.6 is 0 Å². The van der Waals surface area contributed by atoms with Crippen molar-refractivity contribution in [3.05, 3.63) is 69.8 Å². The molecule has 0 unspecified atom stereocenters. The van der Waals surface area contributed by atoms with E-state index in [0.29, 0.717) is 5.56 Å². The van der Waals surface area contributed by atoms with E-state index >= 15 is 0 Å². The predicted molar refractivity (Wildman–Crippen MR) is 79.6 cm³/mol. The molecule has 4 nitrogen and oxygen atoms in total. The number of para-hydroxylation sites is 1. The smallest absolute Gasteiger partial charge is 0.276 e. The summed E-state index contributed by atoms with van der Waals surface area (Å²) in [5, 5.41) is 11.0. The minimum atomic E-state index is -0.360. The lowest BCUT2D eigenvalue weighted by atomic mass is 10.0. The number of hydrogen-bond donors (Lipinski definition) is 0. The van der Waals surface area contributed by atoms with Crippen LogP contribution in [0.15, 0.2) is 48.5 Å². The maximum atomic E-state index is 11.0. The molecule has 0 N–H and O–H groups in total. The van der Waals surface area contributed by atoms with Gasteiger partial charge in [0.25, 0.3) is 5.69 Å². The molecule has 102 valence electrons.